The van der Waals surface area contributed by atoms with E-state index in [2.05, 4.69) is 6.08 Å². The molecule has 0 spiro atoms. The first-order valence-corrected chi connectivity index (χ1v) is 7.26. The fraction of sp³-hybridized carbons (Fsp3) is 0.867. The Morgan fingerprint density at radius 1 is 1.06 bits per heavy atom. The van der Waals surface area contributed by atoms with Crippen molar-refractivity contribution in [2.45, 2.75) is 63.6 Å². The lowest BCUT2D eigenvalue weighted by Gasteiger charge is -2.14. The van der Waals surface area contributed by atoms with Gasteiger partial charge >= 0.3 is 0 Å². The van der Waals surface area contributed by atoms with Crippen LogP contribution >= 0.6 is 0 Å². The number of ether oxygens (including phenoxy) is 1. The number of rotatable bonds is 0. The van der Waals surface area contributed by atoms with Crippen LogP contribution in [-0.2, 0) is 4.74 Å². The summed E-state index contributed by atoms with van der Waals surface area (Å²) >= 11 is 0. The van der Waals surface area contributed by atoms with Gasteiger partial charge in [-0.05, 0) is 50.4 Å². The molecule has 0 N–H and O–H groups in total. The zero-order valence-corrected chi connectivity index (χ0v) is 10.0. The van der Waals surface area contributed by atoms with Gasteiger partial charge in [0, 0.05) is 5.92 Å². The van der Waals surface area contributed by atoms with Gasteiger partial charge in [0.1, 0.15) is 0 Å². The third-order valence-corrected chi connectivity index (χ3v) is 5.28. The summed E-state index contributed by atoms with van der Waals surface area (Å²) in [6.07, 6.45) is 15.3. The topological polar surface area (TPSA) is 12.5 Å². The third-order valence-electron chi connectivity index (χ3n) is 5.28. The molecule has 0 radical (unpaired) electrons. The van der Waals surface area contributed by atoms with Crippen molar-refractivity contribution in [2.75, 3.05) is 0 Å². The highest BCUT2D eigenvalue weighted by atomic mass is 16.6. The first kappa shape index (κ1) is 9.70. The largest absolute Gasteiger partial charge is 0.369 e. The van der Waals surface area contributed by atoms with Crippen molar-refractivity contribution in [1.29, 1.82) is 0 Å². The van der Waals surface area contributed by atoms with Crippen molar-refractivity contribution in [1.82, 2.24) is 0 Å². The van der Waals surface area contributed by atoms with Gasteiger partial charge in [0.15, 0.2) is 0 Å². The summed E-state index contributed by atoms with van der Waals surface area (Å²) in [5, 5.41) is 0. The molecule has 3 fully saturated rings. The molecule has 0 aromatic carbocycles. The molecule has 0 aromatic rings. The van der Waals surface area contributed by atoms with E-state index in [-0.39, 0.29) is 0 Å². The Morgan fingerprint density at radius 3 is 2.88 bits per heavy atom. The second-order valence-electron chi connectivity index (χ2n) is 6.35. The predicted molar refractivity (Wildman–Crippen MR) is 64.2 cm³/mol. The number of allylic oxidation sites excluding steroid dienone is 1. The molecule has 0 aromatic heterocycles. The molecule has 5 atom stereocenters. The highest BCUT2D eigenvalue weighted by molar-refractivity contribution is 5.23. The summed E-state index contributed by atoms with van der Waals surface area (Å²) in [7, 11) is 0. The van der Waals surface area contributed by atoms with Crippen LogP contribution in [0.5, 0.6) is 0 Å². The quantitative estimate of drug-likeness (QED) is 0.446. The second-order valence-corrected chi connectivity index (χ2v) is 6.35. The van der Waals surface area contributed by atoms with Crippen molar-refractivity contribution in [2.24, 2.45) is 17.8 Å². The SMILES string of the molecule is C1=C2/CC3OC3C2CCCC2CC2CCC/1. The van der Waals surface area contributed by atoms with Crippen LogP contribution in [0.2, 0.25) is 0 Å². The monoisotopic (exact) mass is 218 g/mol. The van der Waals surface area contributed by atoms with Gasteiger partial charge in [0.25, 0.3) is 0 Å². The molecule has 0 amide bonds. The Kier molecular flexibility index (Phi) is 2.18. The van der Waals surface area contributed by atoms with E-state index in [9.17, 15) is 0 Å². The molecular formula is C15H22O. The Labute approximate surface area is 98.2 Å². The summed E-state index contributed by atoms with van der Waals surface area (Å²) in [4.78, 5) is 0. The van der Waals surface area contributed by atoms with Gasteiger partial charge in [0.05, 0.1) is 12.2 Å². The van der Waals surface area contributed by atoms with E-state index in [4.69, 9.17) is 4.74 Å². The van der Waals surface area contributed by atoms with E-state index in [0.29, 0.717) is 12.2 Å². The maximum atomic E-state index is 5.72. The molecule has 1 nitrogen and oxygen atoms in total. The zero-order valence-electron chi connectivity index (χ0n) is 10.0. The van der Waals surface area contributed by atoms with Crippen LogP contribution in [0.1, 0.15) is 51.4 Å². The summed E-state index contributed by atoms with van der Waals surface area (Å²) in [6.45, 7) is 0. The lowest BCUT2D eigenvalue weighted by atomic mass is 9.94. The van der Waals surface area contributed by atoms with Crippen molar-refractivity contribution < 1.29 is 4.74 Å². The molecule has 1 aliphatic heterocycles. The molecule has 4 rings (SSSR count). The Bertz CT molecular complexity index is 319. The van der Waals surface area contributed by atoms with Crippen molar-refractivity contribution in [3.63, 3.8) is 0 Å². The second kappa shape index (κ2) is 3.60. The summed E-state index contributed by atoms with van der Waals surface area (Å²) in [5.41, 5.74) is 1.76. The molecule has 2 saturated carbocycles. The van der Waals surface area contributed by atoms with Crippen molar-refractivity contribution >= 4 is 0 Å². The molecule has 88 valence electrons. The third kappa shape index (κ3) is 1.64. The summed E-state index contributed by atoms with van der Waals surface area (Å²) < 4.78 is 5.72. The number of hydrogen-bond donors (Lipinski definition) is 0. The van der Waals surface area contributed by atoms with Crippen LogP contribution in [0.4, 0.5) is 0 Å². The Morgan fingerprint density at radius 2 is 1.94 bits per heavy atom. The number of fused-ring (bicyclic) bond motifs is 4. The van der Waals surface area contributed by atoms with Crippen LogP contribution in [-0.4, -0.2) is 12.2 Å². The van der Waals surface area contributed by atoms with E-state index in [1.54, 1.807) is 12.0 Å². The van der Waals surface area contributed by atoms with Gasteiger partial charge in [-0.3, -0.25) is 0 Å². The van der Waals surface area contributed by atoms with Crippen LogP contribution in [0.15, 0.2) is 11.6 Å². The van der Waals surface area contributed by atoms with E-state index >= 15 is 0 Å². The van der Waals surface area contributed by atoms with Crippen molar-refractivity contribution in [3.05, 3.63) is 11.6 Å². The lowest BCUT2D eigenvalue weighted by molar-refractivity contribution is 0.293. The molecule has 1 heterocycles. The first-order chi connectivity index (χ1) is 7.92. The molecular weight excluding hydrogens is 196 g/mol. The van der Waals surface area contributed by atoms with Crippen LogP contribution < -0.4 is 0 Å². The highest BCUT2D eigenvalue weighted by Gasteiger charge is 2.52. The van der Waals surface area contributed by atoms with Gasteiger partial charge in [-0.15, -0.1) is 0 Å². The van der Waals surface area contributed by atoms with Gasteiger partial charge in [-0.25, -0.2) is 0 Å². The lowest BCUT2D eigenvalue weighted by Crippen LogP contribution is -2.06. The number of hydrogen-bond acceptors (Lipinski definition) is 1. The smallest absolute Gasteiger partial charge is 0.0910 e. The van der Waals surface area contributed by atoms with E-state index in [0.717, 1.165) is 17.8 Å². The maximum Gasteiger partial charge on any atom is 0.0910 e. The molecule has 5 unspecified atom stereocenters. The highest BCUT2D eigenvalue weighted by Crippen LogP contribution is 2.51. The molecule has 1 saturated heterocycles. The predicted octanol–water partition coefficient (Wildman–Crippen LogP) is 3.69. The van der Waals surface area contributed by atoms with E-state index < -0.39 is 0 Å². The van der Waals surface area contributed by atoms with Gasteiger partial charge < -0.3 is 4.74 Å². The normalized spacial score (nSPS) is 53.8. The van der Waals surface area contributed by atoms with Gasteiger partial charge in [-0.1, -0.05) is 24.5 Å². The van der Waals surface area contributed by atoms with E-state index in [1.807, 2.05) is 0 Å². The average Bonchev–Trinajstić information content (AvgIpc) is 3.15. The van der Waals surface area contributed by atoms with Crippen molar-refractivity contribution in [3.8, 4) is 0 Å². The maximum absolute atomic E-state index is 5.72. The fourth-order valence-electron chi connectivity index (χ4n) is 4.14. The van der Waals surface area contributed by atoms with Crippen LogP contribution in [0, 0.1) is 17.8 Å². The molecule has 0 bridgehead atoms. The summed E-state index contributed by atoms with van der Waals surface area (Å²) in [5.74, 6) is 3.04. The first-order valence-electron chi connectivity index (χ1n) is 7.26. The zero-order chi connectivity index (χ0) is 10.5. The number of epoxide rings is 1. The summed E-state index contributed by atoms with van der Waals surface area (Å²) in [6, 6.07) is 0. The molecule has 16 heavy (non-hydrogen) atoms. The van der Waals surface area contributed by atoms with Gasteiger partial charge in [-0.2, -0.15) is 0 Å². The minimum atomic E-state index is 0.632. The van der Waals surface area contributed by atoms with Crippen LogP contribution in [0.25, 0.3) is 0 Å². The molecule has 1 heteroatoms. The van der Waals surface area contributed by atoms with Gasteiger partial charge in [0.2, 0.25) is 0 Å². The fourth-order valence-corrected chi connectivity index (χ4v) is 4.14. The average molecular weight is 218 g/mol. The molecule has 3 aliphatic carbocycles. The Hall–Kier alpha value is -0.300. The Balaban J connectivity index is 1.47. The standard InChI is InChI=1S/C15H22O/c1-2-5-12-9-14-15(16-14)13(12)7-3-6-11-8-10(11)4-1/h5,10-11,13-15H,1-4,6-9H2/b12-5-. The van der Waals surface area contributed by atoms with Crippen LogP contribution in [0.3, 0.4) is 0 Å². The minimum Gasteiger partial charge on any atom is -0.369 e. The minimum absolute atomic E-state index is 0.632. The molecule has 4 aliphatic rings. The van der Waals surface area contributed by atoms with E-state index in [1.165, 1.54) is 44.9 Å².